The first kappa shape index (κ1) is 15.4. The number of nitrogens with one attached hydrogen (secondary N) is 1. The number of hydrogen-bond donors (Lipinski definition) is 1. The maximum absolute atomic E-state index is 12.1. The molecule has 0 spiro atoms. The lowest BCUT2D eigenvalue weighted by molar-refractivity contribution is 0.322. The van der Waals surface area contributed by atoms with E-state index in [4.69, 9.17) is 0 Å². The smallest absolute Gasteiger partial charge is 0.242 e. The molecule has 1 saturated heterocycles. The van der Waals surface area contributed by atoms with Gasteiger partial charge < -0.3 is 5.32 Å². The van der Waals surface area contributed by atoms with Crippen molar-refractivity contribution >= 4 is 10.0 Å². The van der Waals surface area contributed by atoms with Crippen molar-refractivity contribution < 1.29 is 8.42 Å². The zero-order chi connectivity index (χ0) is 14.8. The highest BCUT2D eigenvalue weighted by atomic mass is 32.2. The molecule has 1 aromatic carbocycles. The fourth-order valence-electron chi connectivity index (χ4n) is 2.49. The third-order valence-electron chi connectivity index (χ3n) is 3.76. The summed E-state index contributed by atoms with van der Waals surface area (Å²) in [6, 6.07) is 7.78. The maximum Gasteiger partial charge on any atom is 0.242 e. The summed E-state index contributed by atoms with van der Waals surface area (Å²) in [4.78, 5) is 2.71. The largest absolute Gasteiger partial charge is 0.316 e. The molecule has 0 radical (unpaired) electrons. The van der Waals surface area contributed by atoms with Gasteiger partial charge in [0.2, 0.25) is 10.0 Å². The van der Waals surface area contributed by atoms with Crippen LogP contribution >= 0.6 is 0 Å². The Morgan fingerprint density at radius 2 is 2.15 bits per heavy atom. The van der Waals surface area contributed by atoms with Gasteiger partial charge in [-0.2, -0.15) is 0 Å². The van der Waals surface area contributed by atoms with E-state index in [1.807, 2.05) is 19.2 Å². The van der Waals surface area contributed by atoms with Crippen LogP contribution in [0.15, 0.2) is 29.2 Å². The molecule has 5 nitrogen and oxygen atoms in total. The molecule has 112 valence electrons. The standard InChI is InChI=1S/C14H23N3O2S/c1-15-13-7-8-17(11-13)10-12-5-4-6-14(9-12)20(18,19)16(2)3/h4-6,9,13,15H,7-8,10-11H2,1-3H3. The predicted molar refractivity (Wildman–Crippen MR) is 80.1 cm³/mol. The van der Waals surface area contributed by atoms with E-state index in [0.29, 0.717) is 10.9 Å². The Morgan fingerprint density at radius 1 is 1.40 bits per heavy atom. The molecular weight excluding hydrogens is 274 g/mol. The Morgan fingerprint density at radius 3 is 2.75 bits per heavy atom. The van der Waals surface area contributed by atoms with Gasteiger partial charge in [-0.1, -0.05) is 12.1 Å². The van der Waals surface area contributed by atoms with Crippen LogP contribution in [0.3, 0.4) is 0 Å². The molecule has 1 aromatic rings. The van der Waals surface area contributed by atoms with Crippen molar-refractivity contribution in [3.63, 3.8) is 0 Å². The number of benzene rings is 1. The summed E-state index contributed by atoms with van der Waals surface area (Å²) in [5.41, 5.74) is 1.05. The molecule has 0 saturated carbocycles. The molecule has 1 N–H and O–H groups in total. The maximum atomic E-state index is 12.1. The van der Waals surface area contributed by atoms with E-state index in [2.05, 4.69) is 10.2 Å². The summed E-state index contributed by atoms with van der Waals surface area (Å²) in [6.07, 6.45) is 1.15. The van der Waals surface area contributed by atoms with Gasteiger partial charge in [0.1, 0.15) is 0 Å². The van der Waals surface area contributed by atoms with E-state index in [-0.39, 0.29) is 0 Å². The molecule has 0 aromatic heterocycles. The number of hydrogen-bond acceptors (Lipinski definition) is 4. The molecule has 20 heavy (non-hydrogen) atoms. The zero-order valence-corrected chi connectivity index (χ0v) is 13.2. The molecule has 2 rings (SSSR count). The molecule has 1 aliphatic heterocycles. The van der Waals surface area contributed by atoms with Gasteiger partial charge in [0.05, 0.1) is 4.90 Å². The minimum Gasteiger partial charge on any atom is -0.316 e. The van der Waals surface area contributed by atoms with Gasteiger partial charge in [0.25, 0.3) is 0 Å². The Labute approximate surface area is 121 Å². The lowest BCUT2D eigenvalue weighted by Crippen LogP contribution is -2.29. The monoisotopic (exact) mass is 297 g/mol. The minimum absolute atomic E-state index is 0.365. The average Bonchev–Trinajstić information content (AvgIpc) is 2.86. The van der Waals surface area contributed by atoms with Crippen LogP contribution in [0.25, 0.3) is 0 Å². The second kappa shape index (κ2) is 6.22. The third kappa shape index (κ3) is 3.38. The summed E-state index contributed by atoms with van der Waals surface area (Å²) < 4.78 is 25.5. The first-order valence-corrected chi connectivity index (χ1v) is 8.28. The molecular formula is C14H23N3O2S. The molecule has 0 amide bonds. The van der Waals surface area contributed by atoms with Crippen LogP contribution in [0.4, 0.5) is 0 Å². The molecule has 1 unspecified atom stereocenters. The van der Waals surface area contributed by atoms with Crippen LogP contribution in [0.5, 0.6) is 0 Å². The highest BCUT2D eigenvalue weighted by Crippen LogP contribution is 2.18. The molecule has 1 atom stereocenters. The van der Waals surface area contributed by atoms with Gasteiger partial charge in [0.15, 0.2) is 0 Å². The predicted octanol–water partition coefficient (Wildman–Crippen LogP) is 0.731. The molecule has 1 fully saturated rings. The molecule has 1 aliphatic rings. The van der Waals surface area contributed by atoms with Crippen LogP contribution in [0.2, 0.25) is 0 Å². The quantitative estimate of drug-likeness (QED) is 0.870. The Kier molecular flexibility index (Phi) is 4.80. The number of likely N-dealkylation sites (tertiary alicyclic amines) is 1. The lowest BCUT2D eigenvalue weighted by Gasteiger charge is -2.17. The topological polar surface area (TPSA) is 52.7 Å². The fourth-order valence-corrected chi connectivity index (χ4v) is 3.46. The summed E-state index contributed by atoms with van der Waals surface area (Å²) in [5.74, 6) is 0. The summed E-state index contributed by atoms with van der Waals surface area (Å²) in [6.45, 7) is 2.87. The molecule has 0 aliphatic carbocycles. The number of sulfonamides is 1. The number of nitrogens with zero attached hydrogens (tertiary/aromatic N) is 2. The van der Waals surface area contributed by atoms with E-state index < -0.39 is 10.0 Å². The summed E-state index contributed by atoms with van der Waals surface area (Å²) in [7, 11) is 1.75. The first-order valence-electron chi connectivity index (χ1n) is 6.84. The van der Waals surface area contributed by atoms with E-state index in [9.17, 15) is 8.42 Å². The molecule has 0 bridgehead atoms. The van der Waals surface area contributed by atoms with Gasteiger partial charge in [-0.05, 0) is 31.2 Å². The highest BCUT2D eigenvalue weighted by molar-refractivity contribution is 7.89. The highest BCUT2D eigenvalue weighted by Gasteiger charge is 2.22. The Bertz CT molecular complexity index is 557. The van der Waals surface area contributed by atoms with E-state index >= 15 is 0 Å². The normalized spacial score (nSPS) is 20.7. The Hall–Kier alpha value is -0.950. The fraction of sp³-hybridized carbons (Fsp3) is 0.571. The van der Waals surface area contributed by atoms with Crippen LogP contribution in [0.1, 0.15) is 12.0 Å². The lowest BCUT2D eigenvalue weighted by atomic mass is 10.2. The van der Waals surface area contributed by atoms with Crippen molar-refractivity contribution in [2.24, 2.45) is 0 Å². The average molecular weight is 297 g/mol. The van der Waals surface area contributed by atoms with Crippen LogP contribution in [-0.4, -0.2) is 57.9 Å². The van der Waals surface area contributed by atoms with Crippen molar-refractivity contribution in [3.8, 4) is 0 Å². The Balaban J connectivity index is 2.11. The van der Waals surface area contributed by atoms with Crippen molar-refractivity contribution in [3.05, 3.63) is 29.8 Å². The van der Waals surface area contributed by atoms with Gasteiger partial charge in [0, 0.05) is 39.8 Å². The van der Waals surface area contributed by atoms with Gasteiger partial charge >= 0.3 is 0 Å². The van der Waals surface area contributed by atoms with Crippen LogP contribution in [-0.2, 0) is 16.6 Å². The molecule has 1 heterocycles. The van der Waals surface area contributed by atoms with Crippen molar-refractivity contribution in [2.75, 3.05) is 34.2 Å². The van der Waals surface area contributed by atoms with Gasteiger partial charge in [-0.15, -0.1) is 0 Å². The number of likely N-dealkylation sites (N-methyl/N-ethyl adjacent to an activating group) is 1. The van der Waals surface area contributed by atoms with Crippen molar-refractivity contribution in [1.29, 1.82) is 0 Å². The second-order valence-electron chi connectivity index (χ2n) is 5.44. The van der Waals surface area contributed by atoms with Gasteiger partial charge in [-0.3, -0.25) is 4.90 Å². The minimum atomic E-state index is -3.35. The van der Waals surface area contributed by atoms with Crippen LogP contribution < -0.4 is 5.32 Å². The molecule has 6 heteroatoms. The van der Waals surface area contributed by atoms with Crippen molar-refractivity contribution in [1.82, 2.24) is 14.5 Å². The first-order chi connectivity index (χ1) is 9.43. The number of rotatable bonds is 5. The third-order valence-corrected chi connectivity index (χ3v) is 5.57. The summed E-state index contributed by atoms with van der Waals surface area (Å²) in [5, 5.41) is 3.29. The van der Waals surface area contributed by atoms with E-state index in [1.54, 1.807) is 26.2 Å². The van der Waals surface area contributed by atoms with Crippen LogP contribution in [0, 0.1) is 0 Å². The second-order valence-corrected chi connectivity index (χ2v) is 7.60. The van der Waals surface area contributed by atoms with Crippen molar-refractivity contribution in [2.45, 2.75) is 23.9 Å². The SMILES string of the molecule is CNC1CCN(Cc2cccc(S(=O)(=O)N(C)C)c2)C1. The summed E-state index contributed by atoms with van der Waals surface area (Å²) >= 11 is 0. The van der Waals surface area contributed by atoms with E-state index in [0.717, 1.165) is 31.6 Å². The van der Waals surface area contributed by atoms with E-state index in [1.165, 1.54) is 4.31 Å². The van der Waals surface area contributed by atoms with Gasteiger partial charge in [-0.25, -0.2) is 12.7 Å². The zero-order valence-electron chi connectivity index (χ0n) is 12.3.